The van der Waals surface area contributed by atoms with E-state index in [1.807, 2.05) is 24.0 Å². The number of fused-ring (bicyclic) bond motifs is 1. The van der Waals surface area contributed by atoms with E-state index in [9.17, 15) is 0 Å². The summed E-state index contributed by atoms with van der Waals surface area (Å²) < 4.78 is 7.27. The Morgan fingerprint density at radius 3 is 2.96 bits per heavy atom. The Hall–Kier alpha value is -2.67. The summed E-state index contributed by atoms with van der Waals surface area (Å²) >= 11 is 0. The van der Waals surface area contributed by atoms with Gasteiger partial charge in [0.2, 0.25) is 5.95 Å². The number of aromatic nitrogens is 4. The van der Waals surface area contributed by atoms with Gasteiger partial charge in [0.25, 0.3) is 0 Å². The third-order valence-electron chi connectivity index (χ3n) is 4.24. The van der Waals surface area contributed by atoms with E-state index < -0.39 is 0 Å². The van der Waals surface area contributed by atoms with E-state index in [0.29, 0.717) is 12.5 Å². The molecule has 24 heavy (non-hydrogen) atoms. The van der Waals surface area contributed by atoms with Crippen LogP contribution >= 0.6 is 0 Å². The largest absolute Gasteiger partial charge is 0.378 e. The first kappa shape index (κ1) is 14.9. The van der Waals surface area contributed by atoms with Crippen LogP contribution in [0, 0.1) is 0 Å². The number of nitrogens with one attached hydrogen (secondary N) is 1. The number of nitrogens with zero attached hydrogens (tertiary/aromatic N) is 5. The van der Waals surface area contributed by atoms with Crippen LogP contribution in [-0.4, -0.2) is 46.1 Å². The average molecular weight is 324 g/mol. The second kappa shape index (κ2) is 6.45. The fourth-order valence-corrected chi connectivity index (χ4v) is 2.88. The molecule has 0 unspecified atom stereocenters. The Labute approximate surface area is 140 Å². The zero-order valence-electron chi connectivity index (χ0n) is 13.6. The number of ether oxygens (including phenoxy) is 1. The minimum atomic E-state index is 0.643. The molecule has 4 rings (SSSR count). The van der Waals surface area contributed by atoms with Crippen LogP contribution < -0.4 is 10.2 Å². The Balaban J connectivity index is 1.47. The lowest BCUT2D eigenvalue weighted by atomic mass is 10.1. The highest BCUT2D eigenvalue weighted by atomic mass is 16.5. The van der Waals surface area contributed by atoms with Crippen LogP contribution in [-0.2, 0) is 18.3 Å². The van der Waals surface area contributed by atoms with Gasteiger partial charge in [-0.05, 0) is 17.7 Å². The van der Waals surface area contributed by atoms with Gasteiger partial charge in [-0.3, -0.25) is 4.68 Å². The van der Waals surface area contributed by atoms with E-state index in [0.717, 1.165) is 43.0 Å². The summed E-state index contributed by atoms with van der Waals surface area (Å²) in [5.41, 5.74) is 2.30. The van der Waals surface area contributed by atoms with Crippen LogP contribution in [0.25, 0.3) is 10.9 Å². The summed E-state index contributed by atoms with van der Waals surface area (Å²) in [7, 11) is 1.95. The normalized spacial score (nSPS) is 15.0. The van der Waals surface area contributed by atoms with Crippen molar-refractivity contribution >= 4 is 22.7 Å². The molecule has 0 radical (unpaired) electrons. The van der Waals surface area contributed by atoms with Gasteiger partial charge in [0.1, 0.15) is 5.82 Å². The Bertz CT molecular complexity index is 840. The molecular weight excluding hydrogens is 304 g/mol. The van der Waals surface area contributed by atoms with Gasteiger partial charge in [-0.15, -0.1) is 0 Å². The minimum absolute atomic E-state index is 0.643. The number of anilines is 2. The molecule has 3 aromatic rings. The summed E-state index contributed by atoms with van der Waals surface area (Å²) in [5, 5.41) is 8.73. The van der Waals surface area contributed by atoms with Crippen LogP contribution in [0.2, 0.25) is 0 Å². The van der Waals surface area contributed by atoms with Crippen molar-refractivity contribution in [3.05, 3.63) is 42.2 Å². The third-order valence-corrected chi connectivity index (χ3v) is 4.24. The fourth-order valence-electron chi connectivity index (χ4n) is 2.88. The summed E-state index contributed by atoms with van der Waals surface area (Å²) in [5.74, 6) is 1.59. The van der Waals surface area contributed by atoms with Gasteiger partial charge >= 0.3 is 0 Å². The molecule has 0 amide bonds. The van der Waals surface area contributed by atoms with Gasteiger partial charge in [0, 0.05) is 38.3 Å². The molecule has 7 nitrogen and oxygen atoms in total. The Morgan fingerprint density at radius 2 is 2.08 bits per heavy atom. The molecule has 7 heteroatoms. The Kier molecular flexibility index (Phi) is 4.00. The molecule has 1 aliphatic rings. The summed E-state index contributed by atoms with van der Waals surface area (Å²) in [4.78, 5) is 11.2. The zero-order chi connectivity index (χ0) is 16.4. The third kappa shape index (κ3) is 3.03. The first-order valence-electron chi connectivity index (χ1n) is 8.10. The van der Waals surface area contributed by atoms with E-state index in [4.69, 9.17) is 4.74 Å². The highest BCUT2D eigenvalue weighted by Gasteiger charge is 2.13. The van der Waals surface area contributed by atoms with Crippen molar-refractivity contribution in [1.29, 1.82) is 0 Å². The predicted octanol–water partition coefficient (Wildman–Crippen LogP) is 1.81. The molecular formula is C17H20N6O. The van der Waals surface area contributed by atoms with Crippen molar-refractivity contribution in [1.82, 2.24) is 19.7 Å². The smallest absolute Gasteiger partial charge is 0.224 e. The van der Waals surface area contributed by atoms with E-state index in [-0.39, 0.29) is 0 Å². The van der Waals surface area contributed by atoms with E-state index >= 15 is 0 Å². The Morgan fingerprint density at radius 1 is 1.21 bits per heavy atom. The van der Waals surface area contributed by atoms with Gasteiger partial charge < -0.3 is 15.0 Å². The van der Waals surface area contributed by atoms with Gasteiger partial charge in [0.15, 0.2) is 0 Å². The maximum Gasteiger partial charge on any atom is 0.224 e. The SMILES string of the molecule is Cn1ncc2ccc(CNc3nccc(N4CCOCC4)n3)cc21. The molecule has 1 aromatic carbocycles. The molecule has 0 aliphatic carbocycles. The van der Waals surface area contributed by atoms with Crippen molar-refractivity contribution < 1.29 is 4.74 Å². The van der Waals surface area contributed by atoms with E-state index in [1.165, 1.54) is 5.56 Å². The van der Waals surface area contributed by atoms with Crippen LogP contribution in [0.5, 0.6) is 0 Å². The molecule has 1 N–H and O–H groups in total. The lowest BCUT2D eigenvalue weighted by molar-refractivity contribution is 0.122. The highest BCUT2D eigenvalue weighted by molar-refractivity contribution is 5.79. The second-order valence-electron chi connectivity index (χ2n) is 5.85. The first-order chi connectivity index (χ1) is 11.8. The molecule has 3 heterocycles. The summed E-state index contributed by atoms with van der Waals surface area (Å²) in [6.07, 6.45) is 3.67. The molecule has 0 bridgehead atoms. The molecule has 1 fully saturated rings. The van der Waals surface area contributed by atoms with Crippen LogP contribution in [0.1, 0.15) is 5.56 Å². The quantitative estimate of drug-likeness (QED) is 0.789. The molecule has 2 aromatic heterocycles. The number of benzene rings is 1. The van der Waals surface area contributed by atoms with E-state index in [2.05, 4.69) is 43.5 Å². The van der Waals surface area contributed by atoms with Gasteiger partial charge in [0.05, 0.1) is 24.9 Å². The number of hydrogen-bond acceptors (Lipinski definition) is 6. The molecule has 0 atom stereocenters. The van der Waals surface area contributed by atoms with Crippen molar-refractivity contribution in [2.24, 2.45) is 7.05 Å². The second-order valence-corrected chi connectivity index (χ2v) is 5.85. The number of morpholine rings is 1. The lowest BCUT2D eigenvalue weighted by Gasteiger charge is -2.27. The maximum atomic E-state index is 5.39. The number of aryl methyl sites for hydroxylation is 1. The van der Waals surface area contributed by atoms with E-state index in [1.54, 1.807) is 6.20 Å². The van der Waals surface area contributed by atoms with Gasteiger partial charge in [-0.2, -0.15) is 10.1 Å². The molecule has 0 saturated carbocycles. The molecule has 1 saturated heterocycles. The average Bonchev–Trinajstić information content (AvgIpc) is 3.02. The zero-order valence-corrected chi connectivity index (χ0v) is 13.6. The molecule has 124 valence electrons. The van der Waals surface area contributed by atoms with Crippen molar-refractivity contribution in [3.8, 4) is 0 Å². The highest BCUT2D eigenvalue weighted by Crippen LogP contribution is 2.17. The monoisotopic (exact) mass is 324 g/mol. The topological polar surface area (TPSA) is 68.1 Å². The van der Waals surface area contributed by atoms with Crippen LogP contribution in [0.3, 0.4) is 0 Å². The molecule has 1 aliphatic heterocycles. The summed E-state index contributed by atoms with van der Waals surface area (Å²) in [6, 6.07) is 8.27. The van der Waals surface area contributed by atoms with Gasteiger partial charge in [-0.1, -0.05) is 12.1 Å². The number of rotatable bonds is 4. The summed E-state index contributed by atoms with van der Waals surface area (Å²) in [6.45, 7) is 3.91. The number of hydrogen-bond donors (Lipinski definition) is 1. The van der Waals surface area contributed by atoms with Crippen LogP contribution in [0.4, 0.5) is 11.8 Å². The standard InChI is InChI=1S/C17H20N6O/c1-22-15-10-13(2-3-14(15)12-20-22)11-19-17-18-5-4-16(21-17)23-6-8-24-9-7-23/h2-5,10,12H,6-9,11H2,1H3,(H,18,19,21). The van der Waals surface area contributed by atoms with Crippen molar-refractivity contribution in [3.63, 3.8) is 0 Å². The molecule has 0 spiro atoms. The lowest BCUT2D eigenvalue weighted by Crippen LogP contribution is -2.36. The first-order valence-corrected chi connectivity index (χ1v) is 8.10. The fraction of sp³-hybridized carbons (Fsp3) is 0.353. The van der Waals surface area contributed by atoms with Crippen LogP contribution in [0.15, 0.2) is 36.7 Å². The predicted molar refractivity (Wildman–Crippen MR) is 93.1 cm³/mol. The van der Waals surface area contributed by atoms with Crippen molar-refractivity contribution in [2.45, 2.75) is 6.54 Å². The van der Waals surface area contributed by atoms with Crippen molar-refractivity contribution in [2.75, 3.05) is 36.5 Å². The minimum Gasteiger partial charge on any atom is -0.378 e. The van der Waals surface area contributed by atoms with Gasteiger partial charge in [-0.25, -0.2) is 4.98 Å². The maximum absolute atomic E-state index is 5.39.